The molecule has 1 N–H and O–H groups in total. The molecule has 0 radical (unpaired) electrons. The molecule has 3 aromatic heterocycles. The first-order valence-corrected chi connectivity index (χ1v) is 14.9. The van der Waals surface area contributed by atoms with Crippen molar-refractivity contribution in [3.63, 3.8) is 0 Å². The van der Waals surface area contributed by atoms with Gasteiger partial charge in [0.25, 0.3) is 0 Å². The van der Waals surface area contributed by atoms with Crippen LogP contribution < -0.4 is 0 Å². The van der Waals surface area contributed by atoms with Gasteiger partial charge in [-0.2, -0.15) is 0 Å². The smallest absolute Gasteiger partial charge is 0.149 e. The molecule has 3 heterocycles. The monoisotopic (exact) mass is 579 g/mol. The minimum atomic E-state index is 0.102. The van der Waals surface area contributed by atoms with E-state index in [9.17, 15) is 5.11 Å². The fraction of sp³-hybridized carbons (Fsp3) is 0. The number of pyridine rings is 1. The number of phenols is 1. The fourth-order valence-corrected chi connectivity index (χ4v) is 6.41. The lowest BCUT2D eigenvalue weighted by molar-refractivity contribution is 0.476. The van der Waals surface area contributed by atoms with Crippen molar-refractivity contribution in [3.05, 3.63) is 146 Å². The number of benzene rings is 6. The van der Waals surface area contributed by atoms with Crippen LogP contribution in [0, 0.1) is 0 Å². The number of hydrogen-bond donors (Lipinski definition) is 1. The third kappa shape index (κ3) is 4.02. The Labute approximate surface area is 258 Å². The van der Waals surface area contributed by atoms with E-state index < -0.39 is 0 Å². The maximum absolute atomic E-state index is 11.4. The van der Waals surface area contributed by atoms with E-state index in [0.717, 1.165) is 66.4 Å². The second-order valence-corrected chi connectivity index (χ2v) is 11.2. The average molecular weight is 580 g/mol. The SMILES string of the molecule is Oc1cc2oc3ccccc3c2cc1-c1nc2c(-c3nc(-c4ccccc4)cc4ccccc34)cccc2n1-c1ccccc1. The van der Waals surface area contributed by atoms with Crippen LogP contribution in [0.4, 0.5) is 0 Å². The molecule has 0 amide bonds. The summed E-state index contributed by atoms with van der Waals surface area (Å²) in [6.45, 7) is 0. The first-order valence-electron chi connectivity index (χ1n) is 14.9. The number of aromatic nitrogens is 3. The topological polar surface area (TPSA) is 64.1 Å². The van der Waals surface area contributed by atoms with Crippen molar-refractivity contribution in [1.29, 1.82) is 0 Å². The Kier molecular flexibility index (Phi) is 5.59. The van der Waals surface area contributed by atoms with Crippen LogP contribution in [-0.2, 0) is 0 Å². The van der Waals surface area contributed by atoms with Gasteiger partial charge in [0.05, 0.1) is 28.0 Å². The van der Waals surface area contributed by atoms with Gasteiger partial charge in [0, 0.05) is 39.0 Å². The van der Waals surface area contributed by atoms with Gasteiger partial charge >= 0.3 is 0 Å². The highest BCUT2D eigenvalue weighted by atomic mass is 16.3. The molecule has 5 nitrogen and oxygen atoms in total. The zero-order valence-electron chi connectivity index (χ0n) is 24.1. The van der Waals surface area contributed by atoms with E-state index in [1.165, 1.54) is 0 Å². The predicted molar refractivity (Wildman–Crippen MR) is 182 cm³/mol. The Morgan fingerprint density at radius 2 is 1.29 bits per heavy atom. The lowest BCUT2D eigenvalue weighted by Gasteiger charge is -2.12. The summed E-state index contributed by atoms with van der Waals surface area (Å²) in [5.74, 6) is 0.738. The summed E-state index contributed by atoms with van der Waals surface area (Å²) in [5, 5.41) is 15.5. The van der Waals surface area contributed by atoms with Crippen molar-refractivity contribution in [2.24, 2.45) is 0 Å². The second kappa shape index (κ2) is 9.93. The second-order valence-electron chi connectivity index (χ2n) is 11.2. The molecule has 0 spiro atoms. The van der Waals surface area contributed by atoms with E-state index in [4.69, 9.17) is 14.4 Å². The highest BCUT2D eigenvalue weighted by Gasteiger charge is 2.23. The van der Waals surface area contributed by atoms with Crippen LogP contribution in [0.25, 0.3) is 83.3 Å². The molecule has 0 aliphatic carbocycles. The lowest BCUT2D eigenvalue weighted by atomic mass is 10.00. The lowest BCUT2D eigenvalue weighted by Crippen LogP contribution is -1.97. The number of furan rings is 1. The van der Waals surface area contributed by atoms with E-state index in [2.05, 4.69) is 71.3 Å². The number of fused-ring (bicyclic) bond motifs is 5. The minimum Gasteiger partial charge on any atom is -0.507 e. The van der Waals surface area contributed by atoms with Gasteiger partial charge < -0.3 is 9.52 Å². The Hall–Kier alpha value is -6.20. The van der Waals surface area contributed by atoms with Crippen LogP contribution in [0.1, 0.15) is 0 Å². The number of rotatable bonds is 4. The molecule has 9 rings (SSSR count). The highest BCUT2D eigenvalue weighted by Crippen LogP contribution is 2.42. The van der Waals surface area contributed by atoms with Gasteiger partial charge in [-0.15, -0.1) is 0 Å². The standard InChI is InChI=1S/C40H25N3O2/c44-35-24-37-31(29-18-9-10-21-36(29)45-37)23-32(35)40-42-39-30(19-11-20-34(39)43(40)27-15-5-2-6-16-27)38-28-17-8-7-14-26(28)22-33(41-38)25-12-3-1-4-13-25/h1-24,44H. The van der Waals surface area contributed by atoms with Crippen LogP contribution in [0.15, 0.2) is 150 Å². The van der Waals surface area contributed by atoms with Crippen molar-refractivity contribution >= 4 is 43.7 Å². The summed E-state index contributed by atoms with van der Waals surface area (Å²) in [6, 6.07) is 48.7. The molecule has 0 atom stereocenters. The van der Waals surface area contributed by atoms with Crippen LogP contribution in [-0.4, -0.2) is 19.6 Å². The minimum absolute atomic E-state index is 0.102. The number of phenolic OH excluding ortho intramolecular Hbond substituents is 1. The first-order chi connectivity index (χ1) is 22.2. The summed E-state index contributed by atoms with van der Waals surface area (Å²) < 4.78 is 8.18. The number of para-hydroxylation sites is 3. The van der Waals surface area contributed by atoms with Gasteiger partial charge in [-0.25, -0.2) is 9.97 Å². The molecule has 212 valence electrons. The van der Waals surface area contributed by atoms with Gasteiger partial charge in [0.15, 0.2) is 0 Å². The Morgan fingerprint density at radius 1 is 0.556 bits per heavy atom. The summed E-state index contributed by atoms with van der Waals surface area (Å²) in [5.41, 5.74) is 8.44. The van der Waals surface area contributed by atoms with E-state index in [-0.39, 0.29) is 5.75 Å². The molecule has 0 fully saturated rings. The molecule has 9 aromatic rings. The largest absolute Gasteiger partial charge is 0.507 e. The van der Waals surface area contributed by atoms with Crippen molar-refractivity contribution in [2.45, 2.75) is 0 Å². The zero-order valence-corrected chi connectivity index (χ0v) is 24.1. The van der Waals surface area contributed by atoms with Crippen molar-refractivity contribution in [3.8, 4) is 45.3 Å². The van der Waals surface area contributed by atoms with E-state index in [1.807, 2.05) is 72.8 Å². The maximum atomic E-state index is 11.4. The van der Waals surface area contributed by atoms with Crippen LogP contribution in [0.2, 0.25) is 0 Å². The third-order valence-corrected chi connectivity index (χ3v) is 8.50. The molecule has 0 saturated heterocycles. The molecule has 0 aliphatic rings. The van der Waals surface area contributed by atoms with E-state index >= 15 is 0 Å². The maximum Gasteiger partial charge on any atom is 0.149 e. The predicted octanol–water partition coefficient (Wildman–Crippen LogP) is 10.2. The quantitative estimate of drug-likeness (QED) is 0.225. The van der Waals surface area contributed by atoms with Crippen LogP contribution in [0.5, 0.6) is 5.75 Å². The van der Waals surface area contributed by atoms with Gasteiger partial charge in [-0.1, -0.05) is 103 Å². The molecular formula is C40H25N3O2. The normalized spacial score (nSPS) is 11.6. The third-order valence-electron chi connectivity index (χ3n) is 8.50. The molecule has 0 bridgehead atoms. The number of nitrogens with zero attached hydrogens (tertiary/aromatic N) is 3. The Morgan fingerprint density at radius 3 is 2.13 bits per heavy atom. The van der Waals surface area contributed by atoms with Gasteiger partial charge in [-0.05, 0) is 41.8 Å². The van der Waals surface area contributed by atoms with Crippen LogP contribution in [0.3, 0.4) is 0 Å². The van der Waals surface area contributed by atoms with Crippen molar-refractivity contribution in [2.75, 3.05) is 0 Å². The molecule has 0 unspecified atom stereocenters. The summed E-state index contributed by atoms with van der Waals surface area (Å²) in [7, 11) is 0. The molecule has 5 heteroatoms. The average Bonchev–Trinajstić information content (AvgIpc) is 3.66. The van der Waals surface area contributed by atoms with E-state index in [1.54, 1.807) is 6.07 Å². The molecular weight excluding hydrogens is 554 g/mol. The van der Waals surface area contributed by atoms with Gasteiger partial charge in [0.2, 0.25) is 0 Å². The number of imidazole rings is 1. The van der Waals surface area contributed by atoms with Crippen molar-refractivity contribution in [1.82, 2.24) is 14.5 Å². The number of aromatic hydroxyl groups is 1. The summed E-state index contributed by atoms with van der Waals surface area (Å²) in [4.78, 5) is 10.6. The van der Waals surface area contributed by atoms with E-state index in [0.29, 0.717) is 17.0 Å². The molecule has 0 saturated carbocycles. The highest BCUT2D eigenvalue weighted by molar-refractivity contribution is 6.08. The zero-order chi connectivity index (χ0) is 29.9. The van der Waals surface area contributed by atoms with Gasteiger partial charge in [-0.3, -0.25) is 4.57 Å². The molecule has 0 aliphatic heterocycles. The summed E-state index contributed by atoms with van der Waals surface area (Å²) in [6.07, 6.45) is 0. The fourth-order valence-electron chi connectivity index (χ4n) is 6.41. The first kappa shape index (κ1) is 25.3. The Bertz CT molecular complexity index is 2550. The number of hydrogen-bond acceptors (Lipinski definition) is 4. The van der Waals surface area contributed by atoms with Crippen molar-refractivity contribution < 1.29 is 9.52 Å². The Balaban J connectivity index is 1.36. The van der Waals surface area contributed by atoms with Crippen LogP contribution >= 0.6 is 0 Å². The summed E-state index contributed by atoms with van der Waals surface area (Å²) >= 11 is 0. The molecule has 6 aromatic carbocycles. The molecule has 45 heavy (non-hydrogen) atoms. The van der Waals surface area contributed by atoms with Gasteiger partial charge in [0.1, 0.15) is 22.7 Å².